The van der Waals surface area contributed by atoms with Gasteiger partial charge in [0.1, 0.15) is 17.6 Å². The molecule has 3 amide bonds. The minimum absolute atomic E-state index is 0.153. The molecule has 0 aromatic carbocycles. The lowest BCUT2D eigenvalue weighted by Crippen LogP contribution is -2.60. The molecule has 0 unspecified atom stereocenters. The first-order valence-corrected chi connectivity index (χ1v) is 11.6. The van der Waals surface area contributed by atoms with E-state index in [0.717, 1.165) is 0 Å². The molecule has 1 rings (SSSR count). The standard InChI is InChI=1S/C22H41N5O5/c1-4-7-18(28)25-17(14-15(2)3)19(29)26-16(8-5-6-11-23)20(30)27-12-9-22(24,10-13-27)21(31)32/h15-17H,4-14,23-24H2,1-3H3,(H,25,28)(H,26,29)(H,31,32)/t16-,17-/m1/s1. The third kappa shape index (κ3) is 8.74. The van der Waals surface area contributed by atoms with Gasteiger partial charge in [-0.1, -0.05) is 20.8 Å². The van der Waals surface area contributed by atoms with E-state index >= 15 is 0 Å². The van der Waals surface area contributed by atoms with Gasteiger partial charge in [0.15, 0.2) is 0 Å². The summed E-state index contributed by atoms with van der Waals surface area (Å²) in [6, 6.07) is -1.48. The molecule has 32 heavy (non-hydrogen) atoms. The average molecular weight is 456 g/mol. The zero-order chi connectivity index (χ0) is 24.3. The van der Waals surface area contributed by atoms with Crippen molar-refractivity contribution in [2.75, 3.05) is 19.6 Å². The van der Waals surface area contributed by atoms with E-state index < -0.39 is 23.6 Å². The number of nitrogens with two attached hydrogens (primary N) is 2. The Bertz CT molecular complexity index is 647. The van der Waals surface area contributed by atoms with E-state index in [2.05, 4.69) is 10.6 Å². The van der Waals surface area contributed by atoms with Gasteiger partial charge in [0.25, 0.3) is 0 Å². The van der Waals surface area contributed by atoms with Crippen LogP contribution in [0, 0.1) is 5.92 Å². The van der Waals surface area contributed by atoms with Gasteiger partial charge in [0.05, 0.1) is 0 Å². The topological polar surface area (TPSA) is 168 Å². The largest absolute Gasteiger partial charge is 0.480 e. The highest BCUT2D eigenvalue weighted by Gasteiger charge is 2.40. The molecular formula is C22H41N5O5. The van der Waals surface area contributed by atoms with E-state index in [-0.39, 0.29) is 49.6 Å². The molecule has 0 aromatic heterocycles. The Kier molecular flexibility index (Phi) is 11.6. The molecular weight excluding hydrogens is 414 g/mol. The lowest BCUT2D eigenvalue weighted by Gasteiger charge is -2.38. The number of aliphatic carboxylic acids is 1. The number of hydrogen-bond acceptors (Lipinski definition) is 6. The van der Waals surface area contributed by atoms with Crippen LogP contribution >= 0.6 is 0 Å². The zero-order valence-corrected chi connectivity index (χ0v) is 19.7. The fraction of sp³-hybridized carbons (Fsp3) is 0.818. The van der Waals surface area contributed by atoms with Crippen molar-refractivity contribution in [3.8, 4) is 0 Å². The summed E-state index contributed by atoms with van der Waals surface area (Å²) in [7, 11) is 0. The highest BCUT2D eigenvalue weighted by molar-refractivity contribution is 5.92. The van der Waals surface area contributed by atoms with Gasteiger partial charge in [0.2, 0.25) is 17.7 Å². The normalized spacial score (nSPS) is 17.5. The molecule has 10 nitrogen and oxygen atoms in total. The number of carbonyl (C=O) groups excluding carboxylic acids is 3. The molecule has 0 saturated carbocycles. The highest BCUT2D eigenvalue weighted by atomic mass is 16.4. The number of likely N-dealkylation sites (tertiary alicyclic amines) is 1. The van der Waals surface area contributed by atoms with E-state index in [4.69, 9.17) is 11.5 Å². The van der Waals surface area contributed by atoms with E-state index in [1.807, 2.05) is 20.8 Å². The number of piperidine rings is 1. The van der Waals surface area contributed by atoms with Gasteiger partial charge in [0, 0.05) is 19.5 Å². The van der Waals surface area contributed by atoms with E-state index in [9.17, 15) is 24.3 Å². The summed E-state index contributed by atoms with van der Waals surface area (Å²) in [5, 5.41) is 14.9. The molecule has 184 valence electrons. The van der Waals surface area contributed by atoms with Crippen LogP contribution in [0.3, 0.4) is 0 Å². The Morgan fingerprint density at radius 1 is 1.06 bits per heavy atom. The summed E-state index contributed by atoms with van der Waals surface area (Å²) in [6.07, 6.45) is 3.57. The third-order valence-corrected chi connectivity index (χ3v) is 5.79. The second-order valence-corrected chi connectivity index (χ2v) is 9.13. The number of nitrogens with one attached hydrogen (secondary N) is 2. The Balaban J connectivity index is 2.89. The summed E-state index contributed by atoms with van der Waals surface area (Å²) >= 11 is 0. The second kappa shape index (κ2) is 13.4. The molecule has 1 aliphatic rings. The smallest absolute Gasteiger partial charge is 0.323 e. The van der Waals surface area contributed by atoms with Crippen LogP contribution in [-0.2, 0) is 19.2 Å². The average Bonchev–Trinajstić information content (AvgIpc) is 2.72. The van der Waals surface area contributed by atoms with Gasteiger partial charge in [-0.15, -0.1) is 0 Å². The number of rotatable bonds is 13. The Labute approximate surface area is 190 Å². The predicted molar refractivity (Wildman–Crippen MR) is 121 cm³/mol. The van der Waals surface area contributed by atoms with Crippen LogP contribution in [0.2, 0.25) is 0 Å². The van der Waals surface area contributed by atoms with Gasteiger partial charge in [-0.2, -0.15) is 0 Å². The molecule has 0 spiro atoms. The van der Waals surface area contributed by atoms with Crippen molar-refractivity contribution in [2.45, 2.75) is 89.8 Å². The van der Waals surface area contributed by atoms with Crippen LogP contribution in [0.5, 0.6) is 0 Å². The number of hydrogen-bond donors (Lipinski definition) is 5. The van der Waals surface area contributed by atoms with Crippen LogP contribution in [-0.4, -0.2) is 71.0 Å². The zero-order valence-electron chi connectivity index (χ0n) is 19.7. The first-order chi connectivity index (χ1) is 15.0. The predicted octanol–water partition coefficient (Wildman–Crippen LogP) is 0.336. The summed E-state index contributed by atoms with van der Waals surface area (Å²) in [4.78, 5) is 51.2. The van der Waals surface area contributed by atoms with Crippen LogP contribution in [0.25, 0.3) is 0 Å². The van der Waals surface area contributed by atoms with Crippen molar-refractivity contribution in [2.24, 2.45) is 17.4 Å². The molecule has 1 aliphatic heterocycles. The number of amides is 3. The lowest BCUT2D eigenvalue weighted by molar-refractivity contribution is -0.148. The molecule has 10 heteroatoms. The van der Waals surface area contributed by atoms with Gasteiger partial charge in [-0.25, -0.2) is 0 Å². The van der Waals surface area contributed by atoms with Crippen LogP contribution in [0.4, 0.5) is 0 Å². The van der Waals surface area contributed by atoms with Gasteiger partial charge in [-0.05, 0) is 57.4 Å². The van der Waals surface area contributed by atoms with Crippen LogP contribution in [0.1, 0.15) is 72.1 Å². The number of unbranched alkanes of at least 4 members (excludes halogenated alkanes) is 1. The summed E-state index contributed by atoms with van der Waals surface area (Å²) in [6.45, 7) is 6.73. The van der Waals surface area contributed by atoms with Crippen molar-refractivity contribution in [1.82, 2.24) is 15.5 Å². The van der Waals surface area contributed by atoms with Crippen molar-refractivity contribution in [1.29, 1.82) is 0 Å². The molecule has 7 N–H and O–H groups in total. The Morgan fingerprint density at radius 2 is 1.69 bits per heavy atom. The van der Waals surface area contributed by atoms with Crippen molar-refractivity contribution >= 4 is 23.7 Å². The maximum absolute atomic E-state index is 13.2. The maximum atomic E-state index is 13.2. The van der Waals surface area contributed by atoms with E-state index in [1.165, 1.54) is 0 Å². The molecule has 0 bridgehead atoms. The lowest BCUT2D eigenvalue weighted by atomic mass is 9.88. The van der Waals surface area contributed by atoms with Gasteiger partial charge < -0.3 is 32.1 Å². The molecule has 2 atom stereocenters. The highest BCUT2D eigenvalue weighted by Crippen LogP contribution is 2.21. The maximum Gasteiger partial charge on any atom is 0.323 e. The number of carboxylic acid groups (broad SMARTS) is 1. The SMILES string of the molecule is CCCC(=O)N[C@H](CC(C)C)C(=O)N[C@H](CCCCN)C(=O)N1CCC(N)(C(=O)O)CC1. The van der Waals surface area contributed by atoms with E-state index in [0.29, 0.717) is 45.1 Å². The molecule has 1 fully saturated rings. The van der Waals surface area contributed by atoms with Crippen molar-refractivity contribution in [3.63, 3.8) is 0 Å². The minimum Gasteiger partial charge on any atom is -0.480 e. The van der Waals surface area contributed by atoms with Crippen LogP contribution in [0.15, 0.2) is 0 Å². The van der Waals surface area contributed by atoms with Gasteiger partial charge >= 0.3 is 5.97 Å². The number of carbonyl (C=O) groups is 4. The third-order valence-electron chi connectivity index (χ3n) is 5.79. The first-order valence-electron chi connectivity index (χ1n) is 11.6. The number of nitrogens with zero attached hydrogens (tertiary/aromatic N) is 1. The second-order valence-electron chi connectivity index (χ2n) is 9.13. The summed E-state index contributed by atoms with van der Waals surface area (Å²) < 4.78 is 0. The van der Waals surface area contributed by atoms with Crippen LogP contribution < -0.4 is 22.1 Å². The number of carboxylic acids is 1. The summed E-state index contributed by atoms with van der Waals surface area (Å²) in [5.74, 6) is -1.73. The van der Waals surface area contributed by atoms with Crippen molar-refractivity contribution < 1.29 is 24.3 Å². The fourth-order valence-electron chi connectivity index (χ4n) is 3.78. The Morgan fingerprint density at radius 3 is 2.19 bits per heavy atom. The molecule has 0 aliphatic carbocycles. The van der Waals surface area contributed by atoms with E-state index in [1.54, 1.807) is 4.90 Å². The van der Waals surface area contributed by atoms with Crippen molar-refractivity contribution in [3.05, 3.63) is 0 Å². The molecule has 1 heterocycles. The molecule has 0 aromatic rings. The molecule has 1 saturated heterocycles. The quantitative estimate of drug-likeness (QED) is 0.249. The molecule has 0 radical (unpaired) electrons. The first kappa shape index (κ1) is 27.8. The Hall–Kier alpha value is -2.20. The monoisotopic (exact) mass is 455 g/mol. The minimum atomic E-state index is -1.33. The van der Waals surface area contributed by atoms with Gasteiger partial charge in [-0.3, -0.25) is 19.2 Å². The summed E-state index contributed by atoms with van der Waals surface area (Å²) in [5.41, 5.74) is 10.2. The fourth-order valence-corrected chi connectivity index (χ4v) is 3.78.